The highest BCUT2D eigenvalue weighted by Gasteiger charge is 2.68. The van der Waals surface area contributed by atoms with Gasteiger partial charge >= 0.3 is 0 Å². The summed E-state index contributed by atoms with van der Waals surface area (Å²) < 4.78 is 0. The van der Waals surface area contributed by atoms with E-state index in [1.165, 1.54) is 32.1 Å². The fraction of sp³-hybridized carbons (Fsp3) is 0.625. The monoisotopic (exact) mass is 457 g/mol. The number of nitrogens with two attached hydrogens (primary N) is 1. The van der Waals surface area contributed by atoms with E-state index in [1.807, 2.05) is 36.2 Å². The van der Waals surface area contributed by atoms with Crippen LogP contribution in [0.4, 0.5) is 5.69 Å². The number of rotatable bonds is 8. The number of fused-ring (bicyclic) bond motifs is 1. The molecule has 32 heavy (non-hydrogen) atoms. The molecule has 2 aliphatic carbocycles. The Kier molecular flexibility index (Phi) is 7.00. The molecule has 1 heterocycles. The van der Waals surface area contributed by atoms with E-state index in [9.17, 15) is 9.59 Å². The molecule has 3 atom stereocenters. The molecule has 5 N–H and O–H groups in total. The van der Waals surface area contributed by atoms with Gasteiger partial charge in [0.05, 0.1) is 6.04 Å². The van der Waals surface area contributed by atoms with E-state index in [4.69, 9.17) is 18.0 Å². The second-order valence-electron chi connectivity index (χ2n) is 9.55. The molecule has 1 aromatic rings. The van der Waals surface area contributed by atoms with Crippen molar-refractivity contribution in [1.29, 1.82) is 0 Å². The van der Waals surface area contributed by atoms with Crippen LogP contribution in [0.2, 0.25) is 0 Å². The molecule has 1 aliphatic heterocycles. The number of likely N-dealkylation sites (N-methyl/N-ethyl adjacent to an activating group) is 1. The van der Waals surface area contributed by atoms with Crippen molar-refractivity contribution in [2.45, 2.75) is 69.5 Å². The molecule has 1 saturated heterocycles. The summed E-state index contributed by atoms with van der Waals surface area (Å²) in [5, 5.41) is 9.44. The first kappa shape index (κ1) is 23.0. The minimum Gasteiger partial charge on any atom is -0.376 e. The van der Waals surface area contributed by atoms with Gasteiger partial charge in [-0.25, -0.2) is 0 Å². The maximum Gasteiger partial charge on any atom is 0.246 e. The molecule has 4 rings (SSSR count). The zero-order chi connectivity index (χ0) is 22.7. The van der Waals surface area contributed by atoms with Crippen molar-refractivity contribution in [1.82, 2.24) is 15.5 Å². The highest BCUT2D eigenvalue weighted by atomic mass is 32.1. The topological polar surface area (TPSA) is 99.5 Å². The number of thiocarbonyl (C=S) groups is 1. The van der Waals surface area contributed by atoms with Gasteiger partial charge in [0.1, 0.15) is 5.54 Å². The van der Waals surface area contributed by atoms with Crippen molar-refractivity contribution in [3.8, 4) is 0 Å². The van der Waals surface area contributed by atoms with Gasteiger partial charge in [0, 0.05) is 18.8 Å². The molecule has 174 valence electrons. The van der Waals surface area contributed by atoms with Gasteiger partial charge in [-0.3, -0.25) is 9.59 Å². The highest BCUT2D eigenvalue weighted by Crippen LogP contribution is 2.56. The van der Waals surface area contributed by atoms with E-state index in [1.54, 1.807) is 0 Å². The molecule has 2 amide bonds. The average molecular weight is 458 g/mol. The molecule has 2 saturated carbocycles. The minimum absolute atomic E-state index is 0.0220. The van der Waals surface area contributed by atoms with Crippen molar-refractivity contribution in [3.63, 3.8) is 0 Å². The van der Waals surface area contributed by atoms with Crippen LogP contribution in [0.15, 0.2) is 24.3 Å². The normalized spacial score (nSPS) is 25.7. The number of hydrogen-bond donors (Lipinski definition) is 4. The lowest BCUT2D eigenvalue weighted by molar-refractivity contribution is -0.142. The zero-order valence-electron chi connectivity index (χ0n) is 18.9. The number of benzene rings is 1. The van der Waals surface area contributed by atoms with Gasteiger partial charge in [-0.15, -0.1) is 0 Å². The van der Waals surface area contributed by atoms with Crippen molar-refractivity contribution in [2.24, 2.45) is 17.6 Å². The molecule has 0 bridgehead atoms. The SMILES string of the molecule is CN[C@H](CC1CCCCC1)C(=O)N1CC[C@@H]2C[C@@]21C(=O)NCc1ccc(NC(N)=S)cc1. The zero-order valence-corrected chi connectivity index (χ0v) is 19.7. The van der Waals surface area contributed by atoms with E-state index < -0.39 is 5.54 Å². The van der Waals surface area contributed by atoms with Gasteiger partial charge in [-0.05, 0) is 68.1 Å². The summed E-state index contributed by atoms with van der Waals surface area (Å²) in [5.41, 5.74) is 6.66. The number of carbonyl (C=O) groups is 2. The molecule has 0 unspecified atom stereocenters. The van der Waals surface area contributed by atoms with Gasteiger partial charge in [0.2, 0.25) is 11.8 Å². The van der Waals surface area contributed by atoms with Crippen LogP contribution in [0.1, 0.15) is 56.9 Å². The molecule has 1 aromatic carbocycles. The van der Waals surface area contributed by atoms with E-state index in [-0.39, 0.29) is 28.9 Å². The lowest BCUT2D eigenvalue weighted by Gasteiger charge is -2.33. The third kappa shape index (κ3) is 4.76. The summed E-state index contributed by atoms with van der Waals surface area (Å²) >= 11 is 4.85. The third-order valence-corrected chi connectivity index (χ3v) is 7.63. The smallest absolute Gasteiger partial charge is 0.246 e. The van der Waals surface area contributed by atoms with E-state index in [0.717, 1.165) is 30.5 Å². The Balaban J connectivity index is 1.36. The van der Waals surface area contributed by atoms with Crippen LogP contribution in [0.25, 0.3) is 0 Å². The Morgan fingerprint density at radius 2 is 1.91 bits per heavy atom. The van der Waals surface area contributed by atoms with Crippen LogP contribution >= 0.6 is 12.2 Å². The molecule has 0 spiro atoms. The first-order valence-corrected chi connectivity index (χ1v) is 12.3. The van der Waals surface area contributed by atoms with Crippen molar-refractivity contribution >= 4 is 34.8 Å². The second kappa shape index (κ2) is 9.75. The molecular formula is C24H35N5O2S. The van der Waals surface area contributed by atoms with Crippen LogP contribution in [0.3, 0.4) is 0 Å². The van der Waals surface area contributed by atoms with Gasteiger partial charge in [0.25, 0.3) is 0 Å². The fourth-order valence-corrected chi connectivity index (χ4v) is 5.77. The Morgan fingerprint density at radius 3 is 2.53 bits per heavy atom. The number of anilines is 1. The number of nitrogens with one attached hydrogen (secondary N) is 3. The van der Waals surface area contributed by atoms with Crippen molar-refractivity contribution < 1.29 is 9.59 Å². The fourth-order valence-electron chi connectivity index (χ4n) is 5.65. The molecular weight excluding hydrogens is 422 g/mol. The molecule has 0 aromatic heterocycles. The Morgan fingerprint density at radius 1 is 1.19 bits per heavy atom. The minimum atomic E-state index is -0.647. The summed E-state index contributed by atoms with van der Waals surface area (Å²) in [6, 6.07) is 7.43. The van der Waals surface area contributed by atoms with Gasteiger partial charge in [-0.1, -0.05) is 44.2 Å². The quantitative estimate of drug-likeness (QED) is 0.448. The molecule has 3 aliphatic rings. The first-order chi connectivity index (χ1) is 15.4. The number of hydrogen-bond acceptors (Lipinski definition) is 4. The number of amides is 2. The highest BCUT2D eigenvalue weighted by molar-refractivity contribution is 7.80. The maximum absolute atomic E-state index is 13.5. The van der Waals surface area contributed by atoms with Gasteiger partial charge < -0.3 is 26.6 Å². The maximum atomic E-state index is 13.5. The van der Waals surface area contributed by atoms with Crippen LogP contribution < -0.4 is 21.7 Å². The first-order valence-electron chi connectivity index (χ1n) is 11.9. The van der Waals surface area contributed by atoms with E-state index >= 15 is 0 Å². The number of carbonyl (C=O) groups excluding carboxylic acids is 2. The van der Waals surface area contributed by atoms with Crippen LogP contribution in [-0.2, 0) is 16.1 Å². The summed E-state index contributed by atoms with van der Waals surface area (Å²) in [5.74, 6) is 0.974. The summed E-state index contributed by atoms with van der Waals surface area (Å²) in [7, 11) is 1.87. The predicted molar refractivity (Wildman–Crippen MR) is 130 cm³/mol. The standard InChI is InChI=1S/C24H35N5O2S/c1-26-20(13-16-5-3-2-4-6-16)21(30)29-12-11-18-14-24(18,29)22(31)27-15-17-7-9-19(10-8-17)28-23(25)32/h7-10,16,18,20,26H,2-6,11-15H2,1H3,(H,27,31)(H3,25,28,32)/t18-,20-,24+/m1/s1. The Labute approximate surface area is 195 Å². The molecule has 0 radical (unpaired) electrons. The van der Waals surface area contributed by atoms with Gasteiger partial charge in [-0.2, -0.15) is 0 Å². The lowest BCUT2D eigenvalue weighted by atomic mass is 9.84. The number of likely N-dealkylation sites (tertiary alicyclic amines) is 1. The number of piperidine rings is 1. The van der Waals surface area contributed by atoms with Crippen molar-refractivity contribution in [2.75, 3.05) is 18.9 Å². The Bertz CT molecular complexity index is 854. The predicted octanol–water partition coefficient (Wildman–Crippen LogP) is 2.51. The van der Waals surface area contributed by atoms with Crippen LogP contribution in [-0.4, -0.2) is 47.0 Å². The van der Waals surface area contributed by atoms with Gasteiger partial charge in [0.15, 0.2) is 5.11 Å². The average Bonchev–Trinajstić information content (AvgIpc) is 3.41. The van der Waals surface area contributed by atoms with Crippen molar-refractivity contribution in [3.05, 3.63) is 29.8 Å². The Hall–Kier alpha value is -2.19. The summed E-state index contributed by atoms with van der Waals surface area (Å²) in [6.45, 7) is 1.11. The molecule has 8 heteroatoms. The summed E-state index contributed by atoms with van der Waals surface area (Å²) in [4.78, 5) is 28.6. The lowest BCUT2D eigenvalue weighted by Crippen LogP contribution is -2.55. The molecule has 7 nitrogen and oxygen atoms in total. The third-order valence-electron chi connectivity index (χ3n) is 7.53. The number of nitrogens with zero attached hydrogens (tertiary/aromatic N) is 1. The van der Waals surface area contributed by atoms with Crippen LogP contribution in [0.5, 0.6) is 0 Å². The largest absolute Gasteiger partial charge is 0.376 e. The molecule has 3 fully saturated rings. The van der Waals surface area contributed by atoms with Crippen LogP contribution in [0, 0.1) is 11.8 Å². The van der Waals surface area contributed by atoms with E-state index in [2.05, 4.69) is 16.0 Å². The summed E-state index contributed by atoms with van der Waals surface area (Å²) in [6.07, 6.45) is 8.84. The van der Waals surface area contributed by atoms with E-state index in [0.29, 0.717) is 19.0 Å². The second-order valence-corrected chi connectivity index (χ2v) is 9.99.